The van der Waals surface area contributed by atoms with E-state index in [9.17, 15) is 4.79 Å². The molecule has 3 aliphatic heterocycles. The minimum absolute atomic E-state index is 0.322. The molecule has 1 amide bonds. The topological polar surface area (TPSA) is 49.3 Å². The van der Waals surface area contributed by atoms with E-state index in [1.165, 1.54) is 47.8 Å². The van der Waals surface area contributed by atoms with Crippen molar-refractivity contribution in [1.29, 1.82) is 0 Å². The Morgan fingerprint density at radius 1 is 1.25 bits per heavy atom. The first-order valence-corrected chi connectivity index (χ1v) is 8.45. The molecule has 2 atom stereocenters. The molecular weight excluding hydrogens is 272 g/mol. The lowest BCUT2D eigenvalue weighted by atomic mass is 10.1. The van der Waals surface area contributed by atoms with Gasteiger partial charge >= 0.3 is 0 Å². The minimum Gasteiger partial charge on any atom is -0.342 e. The second-order valence-corrected chi connectivity index (χ2v) is 6.93. The molecule has 0 aromatic carbocycles. The highest BCUT2D eigenvalue weighted by Gasteiger charge is 2.43. The molecule has 0 radical (unpaired) electrons. The minimum atomic E-state index is 0.322. The maximum absolute atomic E-state index is 12.5. The molecule has 0 saturated carbocycles. The van der Waals surface area contributed by atoms with Gasteiger partial charge in [0.05, 0.1) is 17.1 Å². The quantitative estimate of drug-likeness (QED) is 0.831. The van der Waals surface area contributed by atoms with Crippen LogP contribution in [0.1, 0.15) is 48.7 Å². The molecule has 2 fully saturated rings. The van der Waals surface area contributed by atoms with E-state index in [1.54, 1.807) is 0 Å². The van der Waals surface area contributed by atoms with Crippen molar-refractivity contribution in [3.05, 3.63) is 10.6 Å². The Kier molecular flexibility index (Phi) is 3.22. The first kappa shape index (κ1) is 12.7. The molecule has 0 unspecified atom stereocenters. The number of rotatable bonds is 2. The van der Waals surface area contributed by atoms with Gasteiger partial charge in [0.1, 0.15) is 0 Å². The molecule has 1 aromatic rings. The van der Waals surface area contributed by atoms with E-state index < -0.39 is 0 Å². The number of likely N-dealkylation sites (tertiary alicyclic amines) is 1. The van der Waals surface area contributed by atoms with E-state index in [-0.39, 0.29) is 0 Å². The molecule has 0 N–H and O–H groups in total. The van der Waals surface area contributed by atoms with Crippen LogP contribution < -0.4 is 0 Å². The summed E-state index contributed by atoms with van der Waals surface area (Å²) in [5, 5.41) is 4.25. The van der Waals surface area contributed by atoms with Gasteiger partial charge in [0, 0.05) is 31.6 Å². The molecule has 6 heteroatoms. The lowest BCUT2D eigenvalue weighted by Gasteiger charge is -2.35. The van der Waals surface area contributed by atoms with E-state index in [0.29, 0.717) is 24.5 Å². The van der Waals surface area contributed by atoms with Gasteiger partial charge in [0.2, 0.25) is 5.91 Å². The number of amides is 1. The highest BCUT2D eigenvalue weighted by molar-refractivity contribution is 7.05. The molecule has 2 saturated heterocycles. The van der Waals surface area contributed by atoms with Crippen molar-refractivity contribution >= 4 is 17.4 Å². The van der Waals surface area contributed by atoms with Crippen LogP contribution in [0.5, 0.6) is 0 Å². The van der Waals surface area contributed by atoms with Crippen molar-refractivity contribution in [2.24, 2.45) is 0 Å². The highest BCUT2D eigenvalue weighted by atomic mass is 32.1. The second kappa shape index (κ2) is 5.07. The summed E-state index contributed by atoms with van der Waals surface area (Å²) in [5.41, 5.74) is 1.18. The van der Waals surface area contributed by atoms with Gasteiger partial charge in [-0.15, -0.1) is 5.10 Å². The Labute approximate surface area is 123 Å². The average Bonchev–Trinajstić information content (AvgIpc) is 3.05. The van der Waals surface area contributed by atoms with Crippen molar-refractivity contribution in [3.63, 3.8) is 0 Å². The Morgan fingerprint density at radius 2 is 2.10 bits per heavy atom. The average molecular weight is 292 g/mol. The first-order chi connectivity index (χ1) is 9.83. The standard InChI is InChI=1S/C14H20N4OS/c19-13(17-6-2-1-3-7-17)9-18-10-4-5-12(18)14-11(8-10)15-16-20-14/h10,12H,1-9H2/t10-,12-/m0/s1. The summed E-state index contributed by atoms with van der Waals surface area (Å²) in [6.07, 6.45) is 6.95. The summed E-state index contributed by atoms with van der Waals surface area (Å²) in [6, 6.07) is 0.905. The van der Waals surface area contributed by atoms with Crippen LogP contribution in [-0.4, -0.2) is 51.0 Å². The summed E-state index contributed by atoms with van der Waals surface area (Å²) >= 11 is 1.52. The maximum atomic E-state index is 12.5. The number of nitrogens with zero attached hydrogens (tertiary/aromatic N) is 4. The molecule has 108 valence electrons. The fraction of sp³-hybridized carbons (Fsp3) is 0.786. The molecule has 0 spiro atoms. The van der Waals surface area contributed by atoms with Crippen molar-refractivity contribution in [2.75, 3.05) is 19.6 Å². The zero-order chi connectivity index (χ0) is 13.5. The number of hydrogen-bond acceptors (Lipinski definition) is 5. The monoisotopic (exact) mass is 292 g/mol. The third kappa shape index (κ3) is 2.05. The summed E-state index contributed by atoms with van der Waals surface area (Å²) in [4.78, 5) is 18.3. The van der Waals surface area contributed by atoms with E-state index >= 15 is 0 Å². The van der Waals surface area contributed by atoms with Crippen molar-refractivity contribution in [2.45, 2.75) is 50.6 Å². The summed E-state index contributed by atoms with van der Waals surface area (Å²) in [7, 11) is 0. The first-order valence-electron chi connectivity index (χ1n) is 7.67. The van der Waals surface area contributed by atoms with E-state index in [1.807, 2.05) is 0 Å². The highest BCUT2D eigenvalue weighted by Crippen LogP contribution is 2.44. The van der Waals surface area contributed by atoms with Crippen LogP contribution in [0.2, 0.25) is 0 Å². The molecule has 20 heavy (non-hydrogen) atoms. The van der Waals surface area contributed by atoms with Crippen LogP contribution in [0.25, 0.3) is 0 Å². The molecule has 0 aliphatic carbocycles. The Morgan fingerprint density at radius 3 is 2.95 bits per heavy atom. The summed E-state index contributed by atoms with van der Waals surface area (Å²) in [6.45, 7) is 2.50. The molecule has 1 aromatic heterocycles. The Balaban J connectivity index is 1.48. The van der Waals surface area contributed by atoms with Crippen LogP contribution >= 0.6 is 11.5 Å². The van der Waals surface area contributed by atoms with Crippen molar-refractivity contribution in [3.8, 4) is 0 Å². The summed E-state index contributed by atoms with van der Waals surface area (Å²) in [5.74, 6) is 0.322. The lowest BCUT2D eigenvalue weighted by molar-refractivity contribution is -0.134. The van der Waals surface area contributed by atoms with Crippen LogP contribution in [-0.2, 0) is 11.2 Å². The van der Waals surface area contributed by atoms with E-state index in [0.717, 1.165) is 25.9 Å². The van der Waals surface area contributed by atoms with Crippen LogP contribution in [0, 0.1) is 0 Å². The second-order valence-electron chi connectivity index (χ2n) is 6.15. The third-order valence-electron chi connectivity index (χ3n) is 4.99. The largest absolute Gasteiger partial charge is 0.342 e. The predicted octanol–water partition coefficient (Wildman–Crippen LogP) is 1.61. The van der Waals surface area contributed by atoms with Crippen LogP contribution in [0.4, 0.5) is 0 Å². The SMILES string of the molecule is O=C(CN1[C@H]2CC[C@H]1c1snnc1C2)N1CCCCC1. The van der Waals surface area contributed by atoms with E-state index in [2.05, 4.69) is 19.4 Å². The Bertz CT molecular complexity index is 511. The van der Waals surface area contributed by atoms with E-state index in [4.69, 9.17) is 0 Å². The van der Waals surface area contributed by atoms with Crippen LogP contribution in [0.3, 0.4) is 0 Å². The number of piperidine rings is 1. The molecule has 5 nitrogen and oxygen atoms in total. The number of carbonyl (C=O) groups is 1. The fourth-order valence-electron chi connectivity index (χ4n) is 3.91. The molecule has 4 rings (SSSR count). The van der Waals surface area contributed by atoms with Gasteiger partial charge in [-0.1, -0.05) is 4.49 Å². The van der Waals surface area contributed by atoms with Gasteiger partial charge in [0.25, 0.3) is 0 Å². The molecule has 4 heterocycles. The van der Waals surface area contributed by atoms with Gasteiger partial charge < -0.3 is 4.90 Å². The summed E-state index contributed by atoms with van der Waals surface area (Å²) < 4.78 is 4.10. The number of hydrogen-bond donors (Lipinski definition) is 0. The third-order valence-corrected chi connectivity index (χ3v) is 5.85. The molecule has 3 aliphatic rings. The van der Waals surface area contributed by atoms with Gasteiger partial charge in [-0.05, 0) is 43.6 Å². The molecular formula is C14H20N4OS. The van der Waals surface area contributed by atoms with Crippen molar-refractivity contribution < 1.29 is 4.79 Å². The number of fused-ring (bicyclic) bond motifs is 4. The number of aromatic nitrogens is 2. The van der Waals surface area contributed by atoms with Crippen LogP contribution in [0.15, 0.2) is 0 Å². The smallest absolute Gasteiger partial charge is 0.236 e. The maximum Gasteiger partial charge on any atom is 0.236 e. The predicted molar refractivity (Wildman–Crippen MR) is 76.5 cm³/mol. The lowest BCUT2D eigenvalue weighted by Crippen LogP contribution is -2.46. The van der Waals surface area contributed by atoms with Crippen molar-refractivity contribution in [1.82, 2.24) is 19.4 Å². The van der Waals surface area contributed by atoms with Gasteiger partial charge in [-0.2, -0.15) is 0 Å². The zero-order valence-electron chi connectivity index (χ0n) is 11.6. The molecule has 2 bridgehead atoms. The Hall–Kier alpha value is -1.01. The fourth-order valence-corrected chi connectivity index (χ4v) is 4.74. The van der Waals surface area contributed by atoms with Gasteiger partial charge in [0.15, 0.2) is 0 Å². The normalized spacial score (nSPS) is 29.5. The number of carbonyl (C=O) groups excluding carboxylic acids is 1. The zero-order valence-corrected chi connectivity index (χ0v) is 12.4. The van der Waals surface area contributed by atoms with Gasteiger partial charge in [-0.25, -0.2) is 0 Å². The van der Waals surface area contributed by atoms with Gasteiger partial charge in [-0.3, -0.25) is 9.69 Å².